The molecule has 0 atom stereocenters. The third-order valence-corrected chi connectivity index (χ3v) is 2.22. The zero-order valence-electron chi connectivity index (χ0n) is 9.67. The van der Waals surface area contributed by atoms with Crippen LogP contribution in [0.4, 0.5) is 6.01 Å². The molecule has 0 spiro atoms. The van der Waals surface area contributed by atoms with Gasteiger partial charge in [-0.25, -0.2) is 0 Å². The van der Waals surface area contributed by atoms with E-state index in [0.717, 1.165) is 5.56 Å². The van der Waals surface area contributed by atoms with E-state index in [9.17, 15) is 4.79 Å². The number of carbonyl (C=O) groups is 1. The molecule has 2 rings (SSSR count). The number of rotatable bonds is 3. The minimum absolute atomic E-state index is 0.0890. The summed E-state index contributed by atoms with van der Waals surface area (Å²) in [5.74, 6) is 0.215. The van der Waals surface area contributed by atoms with Crippen LogP contribution in [-0.2, 0) is 11.2 Å². The second-order valence-electron chi connectivity index (χ2n) is 3.68. The molecule has 0 aliphatic carbocycles. The minimum Gasteiger partial charge on any atom is -0.315 e. The van der Waals surface area contributed by atoms with Gasteiger partial charge in [-0.1, -0.05) is 17.3 Å². The maximum Gasteiger partial charge on any atom is 0.328 e. The number of nitrogens with one attached hydrogen (secondary N) is 1. The summed E-state index contributed by atoms with van der Waals surface area (Å²) < 4.78 is 4.77. The predicted octanol–water partition coefficient (Wildman–Crippen LogP) is 1.43. The standard InChI is InChI=1S/C12H10N4O2/c1-8-14-12(18-16-8)15-11(17)6-9-2-4-10(7-13)5-3-9/h2-5H,6H2,1H3,(H,14,15,16,17). The monoisotopic (exact) mass is 242 g/mol. The van der Waals surface area contributed by atoms with Crippen LogP contribution >= 0.6 is 0 Å². The van der Waals surface area contributed by atoms with Crippen LogP contribution in [0.3, 0.4) is 0 Å². The number of carbonyl (C=O) groups excluding carboxylic acids is 1. The van der Waals surface area contributed by atoms with Crippen molar-refractivity contribution in [1.29, 1.82) is 5.26 Å². The van der Waals surface area contributed by atoms with Crippen LogP contribution in [0, 0.1) is 18.3 Å². The van der Waals surface area contributed by atoms with Crippen molar-refractivity contribution in [3.05, 3.63) is 41.2 Å². The fourth-order valence-electron chi connectivity index (χ4n) is 1.39. The van der Waals surface area contributed by atoms with Gasteiger partial charge in [0, 0.05) is 0 Å². The van der Waals surface area contributed by atoms with Gasteiger partial charge in [-0.3, -0.25) is 10.1 Å². The molecule has 18 heavy (non-hydrogen) atoms. The first-order chi connectivity index (χ1) is 8.67. The summed E-state index contributed by atoms with van der Waals surface area (Å²) in [6.07, 6.45) is 0.188. The van der Waals surface area contributed by atoms with Crippen LogP contribution in [0.25, 0.3) is 0 Å². The summed E-state index contributed by atoms with van der Waals surface area (Å²) in [5, 5.41) is 14.7. The first kappa shape index (κ1) is 11.8. The molecule has 0 saturated heterocycles. The number of aryl methyl sites for hydroxylation is 1. The van der Waals surface area contributed by atoms with E-state index in [4.69, 9.17) is 9.78 Å². The third kappa shape index (κ3) is 2.92. The maximum atomic E-state index is 11.6. The molecule has 90 valence electrons. The van der Waals surface area contributed by atoms with E-state index in [1.54, 1.807) is 31.2 Å². The summed E-state index contributed by atoms with van der Waals surface area (Å²) >= 11 is 0. The minimum atomic E-state index is -0.247. The SMILES string of the molecule is Cc1noc(NC(=O)Cc2ccc(C#N)cc2)n1. The van der Waals surface area contributed by atoms with Crippen LogP contribution in [0.5, 0.6) is 0 Å². The Morgan fingerprint density at radius 1 is 1.44 bits per heavy atom. The first-order valence-electron chi connectivity index (χ1n) is 5.26. The van der Waals surface area contributed by atoms with Gasteiger partial charge in [0.15, 0.2) is 5.82 Å². The Morgan fingerprint density at radius 2 is 2.17 bits per heavy atom. The number of amides is 1. The summed E-state index contributed by atoms with van der Waals surface area (Å²) in [7, 11) is 0. The molecule has 1 N–H and O–H groups in total. The molecule has 1 aromatic carbocycles. The van der Waals surface area contributed by atoms with Crippen LogP contribution in [0.1, 0.15) is 17.0 Å². The second-order valence-corrected chi connectivity index (χ2v) is 3.68. The first-order valence-corrected chi connectivity index (χ1v) is 5.26. The van der Waals surface area contributed by atoms with Crippen molar-refractivity contribution in [2.24, 2.45) is 0 Å². The number of nitrogens with zero attached hydrogens (tertiary/aromatic N) is 3. The zero-order chi connectivity index (χ0) is 13.0. The van der Waals surface area contributed by atoms with E-state index < -0.39 is 0 Å². The van der Waals surface area contributed by atoms with E-state index in [1.165, 1.54) is 0 Å². The highest BCUT2D eigenvalue weighted by Gasteiger charge is 2.08. The van der Waals surface area contributed by atoms with Gasteiger partial charge in [0.1, 0.15) is 0 Å². The molecule has 2 aromatic rings. The molecule has 1 aromatic heterocycles. The largest absolute Gasteiger partial charge is 0.328 e. The molecule has 0 saturated carbocycles. The summed E-state index contributed by atoms with van der Waals surface area (Å²) in [4.78, 5) is 15.5. The van der Waals surface area contributed by atoms with E-state index >= 15 is 0 Å². The van der Waals surface area contributed by atoms with Crippen molar-refractivity contribution >= 4 is 11.9 Å². The van der Waals surface area contributed by atoms with Crippen LogP contribution in [0.2, 0.25) is 0 Å². The van der Waals surface area contributed by atoms with Gasteiger partial charge < -0.3 is 4.52 Å². The summed E-state index contributed by atoms with van der Waals surface area (Å²) in [6, 6.07) is 8.90. The average molecular weight is 242 g/mol. The van der Waals surface area contributed by atoms with E-state index in [0.29, 0.717) is 11.4 Å². The number of hydrogen-bond acceptors (Lipinski definition) is 5. The number of benzene rings is 1. The van der Waals surface area contributed by atoms with Crippen molar-refractivity contribution < 1.29 is 9.32 Å². The molecule has 0 bridgehead atoms. The third-order valence-electron chi connectivity index (χ3n) is 2.22. The fraction of sp³-hybridized carbons (Fsp3) is 0.167. The number of hydrogen-bond donors (Lipinski definition) is 1. The highest BCUT2D eigenvalue weighted by Crippen LogP contribution is 2.07. The van der Waals surface area contributed by atoms with Crippen LogP contribution < -0.4 is 5.32 Å². The number of anilines is 1. The molecule has 0 fully saturated rings. The maximum absolute atomic E-state index is 11.6. The molecule has 6 heteroatoms. The van der Waals surface area contributed by atoms with E-state index in [2.05, 4.69) is 15.5 Å². The lowest BCUT2D eigenvalue weighted by Gasteiger charge is -2.00. The van der Waals surface area contributed by atoms with Crippen molar-refractivity contribution in [1.82, 2.24) is 10.1 Å². The Labute approximate surface area is 103 Å². The molecule has 0 aliphatic heterocycles. The zero-order valence-corrected chi connectivity index (χ0v) is 9.67. The smallest absolute Gasteiger partial charge is 0.315 e. The van der Waals surface area contributed by atoms with Crippen molar-refractivity contribution in [3.8, 4) is 6.07 Å². The van der Waals surface area contributed by atoms with Gasteiger partial charge in [-0.2, -0.15) is 10.2 Å². The Bertz CT molecular complexity index is 595. The molecule has 1 heterocycles. The van der Waals surface area contributed by atoms with E-state index in [-0.39, 0.29) is 18.3 Å². The van der Waals surface area contributed by atoms with Gasteiger partial charge in [-0.05, 0) is 24.6 Å². The number of aromatic nitrogens is 2. The van der Waals surface area contributed by atoms with Crippen molar-refractivity contribution in [2.45, 2.75) is 13.3 Å². The van der Waals surface area contributed by atoms with Crippen LogP contribution in [-0.4, -0.2) is 16.0 Å². The Hall–Kier alpha value is -2.68. The second kappa shape index (κ2) is 5.10. The molecule has 1 amide bonds. The highest BCUT2D eigenvalue weighted by molar-refractivity contribution is 5.90. The molecular weight excluding hydrogens is 232 g/mol. The lowest BCUT2D eigenvalue weighted by Crippen LogP contribution is -2.14. The van der Waals surface area contributed by atoms with Gasteiger partial charge >= 0.3 is 6.01 Å². The highest BCUT2D eigenvalue weighted by atomic mass is 16.5. The van der Waals surface area contributed by atoms with Crippen molar-refractivity contribution in [2.75, 3.05) is 5.32 Å². The normalized spacial score (nSPS) is 9.78. The molecule has 0 unspecified atom stereocenters. The molecule has 0 aliphatic rings. The van der Waals surface area contributed by atoms with Gasteiger partial charge in [0.25, 0.3) is 0 Å². The predicted molar refractivity (Wildman–Crippen MR) is 62.5 cm³/mol. The Morgan fingerprint density at radius 3 is 2.72 bits per heavy atom. The summed E-state index contributed by atoms with van der Waals surface area (Å²) in [5.41, 5.74) is 1.37. The van der Waals surface area contributed by atoms with Gasteiger partial charge in [0.05, 0.1) is 18.1 Å². The Balaban J connectivity index is 1.96. The average Bonchev–Trinajstić information content (AvgIpc) is 2.75. The fourth-order valence-corrected chi connectivity index (χ4v) is 1.39. The van der Waals surface area contributed by atoms with Gasteiger partial charge in [-0.15, -0.1) is 0 Å². The quantitative estimate of drug-likeness (QED) is 0.878. The lowest BCUT2D eigenvalue weighted by atomic mass is 10.1. The molecule has 6 nitrogen and oxygen atoms in total. The lowest BCUT2D eigenvalue weighted by molar-refractivity contribution is -0.115. The topological polar surface area (TPSA) is 91.8 Å². The van der Waals surface area contributed by atoms with Crippen molar-refractivity contribution in [3.63, 3.8) is 0 Å². The molecular formula is C12H10N4O2. The van der Waals surface area contributed by atoms with Gasteiger partial charge in [0.2, 0.25) is 5.91 Å². The molecule has 0 radical (unpaired) electrons. The summed E-state index contributed by atoms with van der Waals surface area (Å²) in [6.45, 7) is 1.67. The van der Waals surface area contributed by atoms with Crippen LogP contribution in [0.15, 0.2) is 28.8 Å². The Kier molecular flexibility index (Phi) is 3.34. The van der Waals surface area contributed by atoms with E-state index in [1.807, 2.05) is 6.07 Å². The number of nitriles is 1.